The molecule has 2 aromatic carbocycles. The molecule has 0 amide bonds. The SMILES string of the molecule is OC(c1cc(C(F)(F)F)ccc1F)c1ccccc1Cl. The van der Waals surface area contributed by atoms with Gasteiger partial charge in [-0.25, -0.2) is 4.39 Å². The first-order valence-electron chi connectivity index (χ1n) is 5.60. The van der Waals surface area contributed by atoms with Crippen molar-refractivity contribution in [2.45, 2.75) is 12.3 Å². The van der Waals surface area contributed by atoms with Crippen LogP contribution < -0.4 is 0 Å². The number of benzene rings is 2. The highest BCUT2D eigenvalue weighted by molar-refractivity contribution is 6.31. The Morgan fingerprint density at radius 2 is 1.65 bits per heavy atom. The monoisotopic (exact) mass is 304 g/mol. The molecule has 0 bridgehead atoms. The minimum atomic E-state index is -4.61. The van der Waals surface area contributed by atoms with Gasteiger partial charge in [0.1, 0.15) is 11.9 Å². The van der Waals surface area contributed by atoms with Crippen LogP contribution in [-0.2, 0) is 6.18 Å². The Morgan fingerprint density at radius 1 is 1.00 bits per heavy atom. The first-order chi connectivity index (χ1) is 9.30. The molecule has 0 aliphatic carbocycles. The van der Waals surface area contributed by atoms with Gasteiger partial charge in [0.05, 0.1) is 5.56 Å². The zero-order valence-electron chi connectivity index (χ0n) is 9.96. The van der Waals surface area contributed by atoms with E-state index in [0.29, 0.717) is 18.2 Å². The summed E-state index contributed by atoms with van der Waals surface area (Å²) in [6, 6.07) is 7.93. The van der Waals surface area contributed by atoms with Crippen molar-refractivity contribution in [1.29, 1.82) is 0 Å². The van der Waals surface area contributed by atoms with Gasteiger partial charge in [-0.15, -0.1) is 0 Å². The van der Waals surface area contributed by atoms with Crippen LogP contribution in [-0.4, -0.2) is 5.11 Å². The number of halogens is 5. The van der Waals surface area contributed by atoms with Crippen LogP contribution in [0.1, 0.15) is 22.8 Å². The number of alkyl halides is 3. The van der Waals surface area contributed by atoms with Gasteiger partial charge in [-0.3, -0.25) is 0 Å². The molecule has 1 unspecified atom stereocenters. The zero-order valence-corrected chi connectivity index (χ0v) is 10.7. The van der Waals surface area contributed by atoms with Crippen molar-refractivity contribution >= 4 is 11.6 Å². The molecule has 6 heteroatoms. The highest BCUT2D eigenvalue weighted by atomic mass is 35.5. The van der Waals surface area contributed by atoms with Crippen molar-refractivity contribution in [2.24, 2.45) is 0 Å². The van der Waals surface area contributed by atoms with Gasteiger partial charge < -0.3 is 5.11 Å². The van der Waals surface area contributed by atoms with E-state index in [4.69, 9.17) is 11.6 Å². The lowest BCUT2D eigenvalue weighted by Gasteiger charge is -2.16. The Hall–Kier alpha value is -1.59. The quantitative estimate of drug-likeness (QED) is 0.805. The van der Waals surface area contributed by atoms with E-state index in [1.165, 1.54) is 12.1 Å². The van der Waals surface area contributed by atoms with Gasteiger partial charge in [0, 0.05) is 16.1 Å². The standard InChI is InChI=1S/C14H9ClF4O/c15-11-4-2-1-3-9(11)13(20)10-7-8(14(17,18)19)5-6-12(10)16/h1-7,13,20H. The second-order valence-electron chi connectivity index (χ2n) is 4.16. The Kier molecular flexibility index (Phi) is 4.01. The summed E-state index contributed by atoms with van der Waals surface area (Å²) in [7, 11) is 0. The van der Waals surface area contributed by atoms with Gasteiger partial charge in [0.15, 0.2) is 0 Å². The number of hydrogen-bond acceptors (Lipinski definition) is 1. The largest absolute Gasteiger partial charge is 0.416 e. The second kappa shape index (κ2) is 5.42. The highest BCUT2D eigenvalue weighted by Crippen LogP contribution is 2.34. The Balaban J connectivity index is 2.50. The molecular weight excluding hydrogens is 296 g/mol. The minimum Gasteiger partial charge on any atom is -0.383 e. The lowest BCUT2D eigenvalue weighted by atomic mass is 9.99. The number of hydrogen-bond donors (Lipinski definition) is 1. The molecule has 0 spiro atoms. The van der Waals surface area contributed by atoms with Crippen molar-refractivity contribution in [3.63, 3.8) is 0 Å². The van der Waals surface area contributed by atoms with Crippen molar-refractivity contribution in [2.75, 3.05) is 0 Å². The van der Waals surface area contributed by atoms with Gasteiger partial charge in [-0.1, -0.05) is 29.8 Å². The van der Waals surface area contributed by atoms with E-state index < -0.39 is 29.2 Å². The van der Waals surface area contributed by atoms with Crippen LogP contribution in [0.2, 0.25) is 5.02 Å². The number of rotatable bonds is 2. The molecule has 1 nitrogen and oxygen atoms in total. The maximum Gasteiger partial charge on any atom is 0.416 e. The fraction of sp³-hybridized carbons (Fsp3) is 0.143. The van der Waals surface area contributed by atoms with E-state index in [1.54, 1.807) is 12.1 Å². The Bertz CT molecular complexity index is 625. The van der Waals surface area contributed by atoms with E-state index >= 15 is 0 Å². The molecule has 0 aliphatic rings. The van der Waals surface area contributed by atoms with Crippen molar-refractivity contribution in [1.82, 2.24) is 0 Å². The highest BCUT2D eigenvalue weighted by Gasteiger charge is 2.32. The molecule has 1 atom stereocenters. The van der Waals surface area contributed by atoms with E-state index in [2.05, 4.69) is 0 Å². The normalized spacial score (nSPS) is 13.3. The molecule has 106 valence electrons. The summed E-state index contributed by atoms with van der Waals surface area (Å²) in [6.45, 7) is 0. The first kappa shape index (κ1) is 14.8. The molecule has 20 heavy (non-hydrogen) atoms. The van der Waals surface area contributed by atoms with Gasteiger partial charge in [-0.05, 0) is 24.3 Å². The molecule has 0 heterocycles. The van der Waals surface area contributed by atoms with Crippen molar-refractivity contribution < 1.29 is 22.7 Å². The molecule has 0 saturated carbocycles. The lowest BCUT2D eigenvalue weighted by molar-refractivity contribution is -0.137. The summed E-state index contributed by atoms with van der Waals surface area (Å²) in [5.41, 5.74) is -1.35. The molecule has 2 aromatic rings. The van der Waals surface area contributed by atoms with Gasteiger partial charge in [0.2, 0.25) is 0 Å². The fourth-order valence-corrected chi connectivity index (χ4v) is 2.03. The summed E-state index contributed by atoms with van der Waals surface area (Å²) in [5.74, 6) is -0.926. The molecular formula is C14H9ClF4O. The van der Waals surface area contributed by atoms with Crippen LogP contribution in [0.5, 0.6) is 0 Å². The molecule has 2 rings (SSSR count). The van der Waals surface area contributed by atoms with Gasteiger partial charge in [0.25, 0.3) is 0 Å². The topological polar surface area (TPSA) is 20.2 Å². The summed E-state index contributed by atoms with van der Waals surface area (Å²) in [4.78, 5) is 0. The summed E-state index contributed by atoms with van der Waals surface area (Å²) >= 11 is 5.85. The third kappa shape index (κ3) is 2.94. The minimum absolute atomic E-state index is 0.146. The summed E-state index contributed by atoms with van der Waals surface area (Å²) in [5, 5.41) is 10.2. The Morgan fingerprint density at radius 3 is 2.25 bits per heavy atom. The van der Waals surface area contributed by atoms with Gasteiger partial charge in [-0.2, -0.15) is 13.2 Å². The molecule has 0 aliphatic heterocycles. The fourth-order valence-electron chi connectivity index (χ4n) is 1.79. The van der Waals surface area contributed by atoms with Crippen LogP contribution in [0.3, 0.4) is 0 Å². The maximum atomic E-state index is 13.7. The number of aliphatic hydroxyl groups excluding tert-OH is 1. The third-order valence-corrected chi connectivity index (χ3v) is 3.16. The number of aliphatic hydroxyl groups is 1. The molecule has 0 saturated heterocycles. The maximum absolute atomic E-state index is 13.7. The predicted molar refractivity (Wildman–Crippen MR) is 66.9 cm³/mol. The Labute approximate surface area is 117 Å². The van der Waals surface area contributed by atoms with Crippen molar-refractivity contribution in [3.05, 3.63) is 70.0 Å². The van der Waals surface area contributed by atoms with Gasteiger partial charge >= 0.3 is 6.18 Å². The van der Waals surface area contributed by atoms with Crippen molar-refractivity contribution in [3.8, 4) is 0 Å². The van der Waals surface area contributed by atoms with E-state index in [9.17, 15) is 22.7 Å². The third-order valence-electron chi connectivity index (χ3n) is 2.82. The molecule has 0 fully saturated rings. The van der Waals surface area contributed by atoms with E-state index in [-0.39, 0.29) is 10.6 Å². The summed E-state index contributed by atoms with van der Waals surface area (Å²) in [6.07, 6.45) is -6.17. The predicted octanol–water partition coefficient (Wildman–Crippen LogP) is 4.58. The summed E-state index contributed by atoms with van der Waals surface area (Å²) < 4.78 is 51.5. The van der Waals surface area contributed by atoms with E-state index in [0.717, 1.165) is 0 Å². The van der Waals surface area contributed by atoms with Crippen LogP contribution in [0.4, 0.5) is 17.6 Å². The van der Waals surface area contributed by atoms with Crippen LogP contribution in [0.15, 0.2) is 42.5 Å². The lowest BCUT2D eigenvalue weighted by Crippen LogP contribution is -2.09. The molecule has 0 radical (unpaired) electrons. The van der Waals surface area contributed by atoms with E-state index in [1.807, 2.05) is 0 Å². The average Bonchev–Trinajstić information content (AvgIpc) is 2.37. The van der Waals surface area contributed by atoms with Crippen LogP contribution >= 0.6 is 11.6 Å². The smallest absolute Gasteiger partial charge is 0.383 e. The average molecular weight is 305 g/mol. The molecule has 1 N–H and O–H groups in total. The van der Waals surface area contributed by atoms with Crippen LogP contribution in [0.25, 0.3) is 0 Å². The molecule has 0 aromatic heterocycles. The van der Waals surface area contributed by atoms with Crippen LogP contribution in [0, 0.1) is 5.82 Å². The first-order valence-corrected chi connectivity index (χ1v) is 5.97. The second-order valence-corrected chi connectivity index (χ2v) is 4.57. The zero-order chi connectivity index (χ0) is 14.9.